The molecule has 8 nitrogen and oxygen atoms in total. The summed E-state index contributed by atoms with van der Waals surface area (Å²) >= 11 is 0. The number of fused-ring (bicyclic) bond motifs is 1. The lowest BCUT2D eigenvalue weighted by Crippen LogP contribution is -2.63. The monoisotopic (exact) mass is 601 g/mol. The topological polar surface area (TPSA) is 90.4 Å². The van der Waals surface area contributed by atoms with Gasteiger partial charge in [0.2, 0.25) is 17.7 Å². The molecule has 2 bridgehead atoms. The number of carbonyl (C=O) groups excluding carboxylic acids is 3. The Morgan fingerprint density at radius 1 is 1.14 bits per heavy atom. The molecule has 3 heterocycles. The van der Waals surface area contributed by atoms with Gasteiger partial charge in [-0.15, -0.1) is 13.2 Å². The molecule has 0 aromatic rings. The molecule has 3 unspecified atom stereocenters. The van der Waals surface area contributed by atoms with Crippen molar-refractivity contribution in [2.45, 2.75) is 124 Å². The fourth-order valence-electron chi connectivity index (χ4n) is 8.72. The molecular formula is C35H59N3O5. The van der Waals surface area contributed by atoms with E-state index >= 15 is 4.79 Å². The molecule has 0 saturated carbocycles. The molecule has 1 N–H and O–H groups in total. The van der Waals surface area contributed by atoms with Crippen molar-refractivity contribution in [1.82, 2.24) is 14.7 Å². The first-order valence-corrected chi connectivity index (χ1v) is 16.4. The Bertz CT molecular complexity index is 1080. The van der Waals surface area contributed by atoms with E-state index in [1.54, 1.807) is 22.0 Å². The van der Waals surface area contributed by atoms with E-state index in [0.717, 1.165) is 19.3 Å². The van der Waals surface area contributed by atoms with Gasteiger partial charge in [0.25, 0.3) is 0 Å². The second-order valence-electron chi connectivity index (χ2n) is 15.4. The molecular weight excluding hydrogens is 542 g/mol. The van der Waals surface area contributed by atoms with Crippen molar-refractivity contribution in [2.24, 2.45) is 29.1 Å². The molecule has 3 amide bonds. The van der Waals surface area contributed by atoms with Crippen LogP contribution in [0.4, 0.5) is 0 Å². The van der Waals surface area contributed by atoms with Gasteiger partial charge >= 0.3 is 0 Å². The van der Waals surface area contributed by atoms with Crippen LogP contribution in [0.25, 0.3) is 0 Å². The number of ether oxygens (including phenoxy) is 1. The second kappa shape index (κ2) is 12.7. The second-order valence-corrected chi connectivity index (χ2v) is 15.4. The minimum atomic E-state index is -1.17. The molecule has 3 rings (SSSR count). The van der Waals surface area contributed by atoms with Crippen molar-refractivity contribution < 1.29 is 24.2 Å². The molecule has 8 atom stereocenters. The Kier molecular flexibility index (Phi) is 10.4. The highest BCUT2D eigenvalue weighted by Gasteiger charge is 2.80. The molecule has 43 heavy (non-hydrogen) atoms. The van der Waals surface area contributed by atoms with Gasteiger partial charge in [-0.3, -0.25) is 14.4 Å². The van der Waals surface area contributed by atoms with Crippen LogP contribution in [-0.4, -0.2) is 92.6 Å². The maximum absolute atomic E-state index is 15.1. The van der Waals surface area contributed by atoms with E-state index < -0.39 is 40.7 Å². The van der Waals surface area contributed by atoms with Gasteiger partial charge in [0, 0.05) is 25.2 Å². The highest BCUT2D eigenvalue weighted by molar-refractivity contribution is 5.99. The molecule has 0 aromatic carbocycles. The molecule has 1 spiro atoms. The molecule has 3 aliphatic rings. The third-order valence-corrected chi connectivity index (χ3v) is 10.5. The zero-order valence-corrected chi connectivity index (χ0v) is 28.6. The molecule has 3 aliphatic heterocycles. The molecule has 0 aliphatic carbocycles. The summed E-state index contributed by atoms with van der Waals surface area (Å²) in [6.45, 7) is 29.5. The Balaban J connectivity index is 2.26. The van der Waals surface area contributed by atoms with Crippen LogP contribution in [0.1, 0.15) is 94.9 Å². The zero-order valence-electron chi connectivity index (χ0n) is 28.6. The van der Waals surface area contributed by atoms with Crippen molar-refractivity contribution in [3.05, 3.63) is 25.3 Å². The van der Waals surface area contributed by atoms with Crippen LogP contribution in [0.3, 0.4) is 0 Å². The Hall–Kier alpha value is -2.19. The van der Waals surface area contributed by atoms with E-state index in [9.17, 15) is 14.7 Å². The SMILES string of the molecule is C=CCN(CCC)C(=O)[C@@H]1[C@H]2C(=O)N([C@@H](CO)[C@@H](C)CC)C(C(=O)N(CC=C)C(C)(C)CC(C)(C)C)C23CC(C)[C@@]1(C)O3. The Morgan fingerprint density at radius 3 is 2.23 bits per heavy atom. The van der Waals surface area contributed by atoms with Crippen molar-refractivity contribution in [2.75, 3.05) is 26.2 Å². The van der Waals surface area contributed by atoms with Gasteiger partial charge in [0.05, 0.1) is 30.1 Å². The highest BCUT2D eigenvalue weighted by Crippen LogP contribution is 2.66. The first-order valence-electron chi connectivity index (χ1n) is 16.4. The van der Waals surface area contributed by atoms with Gasteiger partial charge < -0.3 is 24.5 Å². The van der Waals surface area contributed by atoms with E-state index in [4.69, 9.17) is 4.74 Å². The van der Waals surface area contributed by atoms with Crippen LogP contribution in [0.2, 0.25) is 0 Å². The molecule has 244 valence electrons. The number of hydrogen-bond acceptors (Lipinski definition) is 5. The summed E-state index contributed by atoms with van der Waals surface area (Å²) in [4.78, 5) is 49.6. The molecule has 8 heteroatoms. The van der Waals surface area contributed by atoms with Gasteiger partial charge in [-0.25, -0.2) is 0 Å². The van der Waals surface area contributed by atoms with Crippen LogP contribution in [0, 0.1) is 29.1 Å². The number of aliphatic hydroxyl groups excluding tert-OH is 1. The van der Waals surface area contributed by atoms with Gasteiger partial charge in [-0.1, -0.05) is 67.0 Å². The summed E-state index contributed by atoms with van der Waals surface area (Å²) in [6, 6.07) is -1.54. The summed E-state index contributed by atoms with van der Waals surface area (Å²) < 4.78 is 7.02. The average molecular weight is 602 g/mol. The van der Waals surface area contributed by atoms with Crippen molar-refractivity contribution >= 4 is 17.7 Å². The lowest BCUT2D eigenvalue weighted by atomic mass is 9.62. The summed E-state index contributed by atoms with van der Waals surface area (Å²) in [5, 5.41) is 10.7. The van der Waals surface area contributed by atoms with Crippen LogP contribution >= 0.6 is 0 Å². The largest absolute Gasteiger partial charge is 0.394 e. The lowest BCUT2D eigenvalue weighted by molar-refractivity contribution is -0.162. The van der Waals surface area contributed by atoms with Gasteiger partial charge in [-0.2, -0.15) is 0 Å². The van der Waals surface area contributed by atoms with Crippen LogP contribution in [0.5, 0.6) is 0 Å². The van der Waals surface area contributed by atoms with E-state index in [1.165, 1.54) is 0 Å². The van der Waals surface area contributed by atoms with E-state index in [-0.39, 0.29) is 41.6 Å². The lowest BCUT2D eigenvalue weighted by Gasteiger charge is -2.47. The highest BCUT2D eigenvalue weighted by atomic mass is 16.5. The normalized spacial score (nSPS) is 31.5. The number of likely N-dealkylation sites (tertiary alicyclic amines) is 1. The minimum absolute atomic E-state index is 0.0560. The van der Waals surface area contributed by atoms with Gasteiger partial charge in [0.1, 0.15) is 11.6 Å². The first-order chi connectivity index (χ1) is 19.9. The summed E-state index contributed by atoms with van der Waals surface area (Å²) in [7, 11) is 0. The van der Waals surface area contributed by atoms with Crippen LogP contribution in [-0.2, 0) is 19.1 Å². The van der Waals surface area contributed by atoms with Crippen LogP contribution < -0.4 is 0 Å². The predicted octanol–water partition coefficient (Wildman–Crippen LogP) is 5.06. The third kappa shape index (κ3) is 5.95. The van der Waals surface area contributed by atoms with Crippen molar-refractivity contribution in [1.29, 1.82) is 0 Å². The van der Waals surface area contributed by atoms with Crippen LogP contribution in [0.15, 0.2) is 25.3 Å². The fourth-order valence-corrected chi connectivity index (χ4v) is 8.72. The number of aliphatic hydroxyl groups is 1. The fraction of sp³-hybridized carbons (Fsp3) is 0.800. The first kappa shape index (κ1) is 35.3. The minimum Gasteiger partial charge on any atom is -0.394 e. The van der Waals surface area contributed by atoms with E-state index in [0.29, 0.717) is 26.1 Å². The molecule has 0 aromatic heterocycles. The number of carbonyl (C=O) groups is 3. The standard InChI is InChI=1S/C35H59N3O5/c1-13-17-36(18-14-2)29(40)26-27-30(41)38(25(21-39)23(5)16-4)28(35(27)20-24(6)34(26,12)43-35)31(42)37(19-15-3)33(10,11)22-32(7,8)9/h13,15,23-28,39H,1,3,14,16-22H2,2,4-12H3/t23-,24?,25-,26-,27-,28?,34+,35?/m0/s1. The van der Waals surface area contributed by atoms with E-state index in [1.807, 2.05) is 32.6 Å². The zero-order chi connectivity index (χ0) is 32.7. The maximum Gasteiger partial charge on any atom is 0.249 e. The van der Waals surface area contributed by atoms with E-state index in [2.05, 4.69) is 54.7 Å². The molecule has 3 fully saturated rings. The number of hydrogen-bond donors (Lipinski definition) is 1. The summed E-state index contributed by atoms with van der Waals surface area (Å²) in [5.41, 5.74) is -2.69. The summed E-state index contributed by atoms with van der Waals surface area (Å²) in [5.74, 6) is -2.24. The number of amides is 3. The number of nitrogens with zero attached hydrogens (tertiary/aromatic N) is 3. The predicted molar refractivity (Wildman–Crippen MR) is 171 cm³/mol. The van der Waals surface area contributed by atoms with Crippen molar-refractivity contribution in [3.63, 3.8) is 0 Å². The smallest absolute Gasteiger partial charge is 0.249 e. The number of rotatable bonds is 14. The Labute approximate surface area is 260 Å². The van der Waals surface area contributed by atoms with Crippen molar-refractivity contribution in [3.8, 4) is 0 Å². The summed E-state index contributed by atoms with van der Waals surface area (Å²) in [6.07, 6.45) is 6.17. The maximum atomic E-state index is 15.1. The molecule has 0 radical (unpaired) electrons. The molecule has 3 saturated heterocycles. The van der Waals surface area contributed by atoms with Gasteiger partial charge in [0.15, 0.2) is 0 Å². The quantitative estimate of drug-likeness (QED) is 0.281. The van der Waals surface area contributed by atoms with Gasteiger partial charge in [-0.05, 0) is 57.3 Å². The Morgan fingerprint density at radius 2 is 1.74 bits per heavy atom. The average Bonchev–Trinajstić information content (AvgIpc) is 3.42. The third-order valence-electron chi connectivity index (χ3n) is 10.5.